The molecule has 1 fully saturated rings. The molecule has 5 nitrogen and oxygen atoms in total. The molecule has 10 heteroatoms. The number of hydrogen-bond acceptors (Lipinski definition) is 7. The third kappa shape index (κ3) is 10.1. The van der Waals surface area contributed by atoms with Crippen LogP contribution in [0.1, 0.15) is 45.1 Å². The SMILES string of the molecule is CCN(CC)CCCN1CCN(CCCN2/C=C/CC/C=C(\N)Sc3ccc(C(F)(F)F)cc32)CCS1. The number of thioether (sulfide) groups is 1. The minimum atomic E-state index is -4.38. The number of nitrogens with two attached hydrogens (primary N) is 1. The summed E-state index contributed by atoms with van der Waals surface area (Å²) in [7, 11) is 0. The first-order valence-electron chi connectivity index (χ1n) is 13.4. The van der Waals surface area contributed by atoms with Gasteiger partial charge in [-0.25, -0.2) is 4.31 Å². The predicted molar refractivity (Wildman–Crippen MR) is 153 cm³/mol. The Balaban J connectivity index is 1.58. The molecule has 2 heterocycles. The Hall–Kier alpha value is -1.33. The van der Waals surface area contributed by atoms with Crippen molar-refractivity contribution >= 4 is 29.4 Å². The van der Waals surface area contributed by atoms with Crippen molar-refractivity contribution in [3.8, 4) is 0 Å². The molecule has 2 aliphatic heterocycles. The van der Waals surface area contributed by atoms with Crippen molar-refractivity contribution in [1.82, 2.24) is 14.1 Å². The zero-order valence-corrected chi connectivity index (χ0v) is 23.8. The number of fused-ring (bicyclic) bond motifs is 1. The van der Waals surface area contributed by atoms with E-state index in [1.807, 2.05) is 35.2 Å². The van der Waals surface area contributed by atoms with Crippen molar-refractivity contribution in [3.05, 3.63) is 47.1 Å². The van der Waals surface area contributed by atoms with Crippen LogP contribution in [0.5, 0.6) is 0 Å². The largest absolute Gasteiger partial charge is 0.416 e. The van der Waals surface area contributed by atoms with Gasteiger partial charge in [-0.2, -0.15) is 13.2 Å². The van der Waals surface area contributed by atoms with Gasteiger partial charge in [0.25, 0.3) is 0 Å². The first-order valence-corrected chi connectivity index (χ1v) is 15.2. The van der Waals surface area contributed by atoms with Crippen molar-refractivity contribution in [1.29, 1.82) is 0 Å². The van der Waals surface area contributed by atoms with Crippen molar-refractivity contribution in [2.75, 3.05) is 69.6 Å². The Morgan fingerprint density at radius 3 is 2.57 bits per heavy atom. The topological polar surface area (TPSA) is 39.0 Å². The number of anilines is 1. The van der Waals surface area contributed by atoms with Gasteiger partial charge in [0.1, 0.15) is 0 Å². The third-order valence-electron chi connectivity index (χ3n) is 6.78. The molecule has 1 aromatic carbocycles. The molecule has 0 atom stereocenters. The van der Waals surface area contributed by atoms with Gasteiger partial charge in [-0.3, -0.25) is 0 Å². The number of alkyl halides is 3. The summed E-state index contributed by atoms with van der Waals surface area (Å²) in [6.07, 6.45) is 5.22. The van der Waals surface area contributed by atoms with Crippen molar-refractivity contribution < 1.29 is 13.2 Å². The number of halogens is 3. The molecule has 0 spiro atoms. The molecule has 37 heavy (non-hydrogen) atoms. The van der Waals surface area contributed by atoms with E-state index in [0.717, 1.165) is 88.3 Å². The summed E-state index contributed by atoms with van der Waals surface area (Å²) in [4.78, 5) is 7.68. The van der Waals surface area contributed by atoms with E-state index in [0.29, 0.717) is 17.3 Å². The molecule has 0 saturated carbocycles. The minimum Gasteiger partial charge on any atom is -0.394 e. The molecule has 0 aromatic heterocycles. The quantitative estimate of drug-likeness (QED) is 0.349. The van der Waals surface area contributed by atoms with Crippen molar-refractivity contribution in [2.24, 2.45) is 5.73 Å². The fourth-order valence-corrected chi connectivity index (χ4v) is 6.51. The number of rotatable bonds is 10. The zero-order chi connectivity index (χ0) is 26.7. The van der Waals surface area contributed by atoms with E-state index in [9.17, 15) is 13.2 Å². The maximum Gasteiger partial charge on any atom is 0.416 e. The lowest BCUT2D eigenvalue weighted by Crippen LogP contribution is -2.33. The first kappa shape index (κ1) is 30.2. The average molecular weight is 558 g/mol. The van der Waals surface area contributed by atoms with Crippen LogP contribution in [0.4, 0.5) is 18.9 Å². The predicted octanol–water partition coefficient (Wildman–Crippen LogP) is 6.10. The molecule has 3 rings (SSSR count). The van der Waals surface area contributed by atoms with Crippen LogP contribution in [-0.2, 0) is 6.18 Å². The summed E-state index contributed by atoms with van der Waals surface area (Å²) in [5.41, 5.74) is 6.08. The highest BCUT2D eigenvalue weighted by Gasteiger charge is 2.31. The molecule has 208 valence electrons. The number of hydrogen-bond donors (Lipinski definition) is 1. The van der Waals surface area contributed by atoms with Crippen LogP contribution >= 0.6 is 23.7 Å². The van der Waals surface area contributed by atoms with Gasteiger partial charge in [-0.15, -0.1) is 0 Å². The summed E-state index contributed by atoms with van der Waals surface area (Å²) < 4.78 is 43.0. The second-order valence-electron chi connectivity index (χ2n) is 9.38. The summed E-state index contributed by atoms with van der Waals surface area (Å²) in [6.45, 7) is 13.6. The summed E-state index contributed by atoms with van der Waals surface area (Å²) in [6, 6.07) is 3.96. The normalized spacial score (nSPS) is 20.8. The van der Waals surface area contributed by atoms with Crippen LogP contribution in [0.3, 0.4) is 0 Å². The molecule has 1 saturated heterocycles. The van der Waals surface area contributed by atoms with Gasteiger partial charge >= 0.3 is 6.18 Å². The summed E-state index contributed by atoms with van der Waals surface area (Å²) in [5, 5.41) is 0.625. The van der Waals surface area contributed by atoms with Crippen LogP contribution in [0, 0.1) is 0 Å². The Kier molecular flexibility index (Phi) is 12.5. The summed E-state index contributed by atoms with van der Waals surface area (Å²) >= 11 is 3.29. The van der Waals surface area contributed by atoms with Crippen LogP contribution in [0.15, 0.2) is 46.5 Å². The Morgan fingerprint density at radius 2 is 1.81 bits per heavy atom. The van der Waals surface area contributed by atoms with E-state index < -0.39 is 11.7 Å². The molecule has 0 bridgehead atoms. The van der Waals surface area contributed by atoms with E-state index in [-0.39, 0.29) is 0 Å². The monoisotopic (exact) mass is 557 g/mol. The maximum atomic E-state index is 13.5. The fourth-order valence-electron chi connectivity index (χ4n) is 4.58. The molecular weight excluding hydrogens is 515 g/mol. The molecule has 0 unspecified atom stereocenters. The van der Waals surface area contributed by atoms with E-state index in [1.165, 1.54) is 24.2 Å². The van der Waals surface area contributed by atoms with E-state index in [4.69, 9.17) is 5.73 Å². The van der Waals surface area contributed by atoms with Gasteiger partial charge in [-0.05, 0) is 70.1 Å². The third-order valence-corrected chi connectivity index (χ3v) is 8.85. The van der Waals surface area contributed by atoms with Crippen LogP contribution in [0.2, 0.25) is 0 Å². The average Bonchev–Trinajstić information content (AvgIpc) is 3.10. The smallest absolute Gasteiger partial charge is 0.394 e. The molecule has 0 amide bonds. The Bertz CT molecular complexity index is 889. The van der Waals surface area contributed by atoms with Gasteiger partial charge in [0.15, 0.2) is 0 Å². The standard InChI is InChI=1S/C27H42F3N5S2/c1-3-32(4-2)13-9-17-35-19-18-33(20-21-36-35)14-8-16-34-15-7-5-6-10-26(31)37-25-12-11-23(22-24(25)34)27(28,29)30/h7,10-12,15,22H,3-6,8-9,13-14,16-21,31H2,1-2H3/b15-7+,26-10+. The van der Waals surface area contributed by atoms with Crippen molar-refractivity contribution in [2.45, 2.75) is 50.6 Å². The molecule has 0 aliphatic carbocycles. The molecule has 0 radical (unpaired) electrons. The maximum absolute atomic E-state index is 13.5. The molecule has 2 N–H and O–H groups in total. The Morgan fingerprint density at radius 1 is 1.00 bits per heavy atom. The van der Waals surface area contributed by atoms with Crippen LogP contribution in [-0.4, -0.2) is 78.8 Å². The lowest BCUT2D eigenvalue weighted by molar-refractivity contribution is -0.137. The summed E-state index contributed by atoms with van der Waals surface area (Å²) in [5.74, 6) is 1.08. The molecule has 2 aliphatic rings. The van der Waals surface area contributed by atoms with Crippen LogP contribution in [0.25, 0.3) is 0 Å². The van der Waals surface area contributed by atoms with E-state index in [1.54, 1.807) is 6.07 Å². The zero-order valence-electron chi connectivity index (χ0n) is 22.2. The highest BCUT2D eigenvalue weighted by atomic mass is 32.2. The van der Waals surface area contributed by atoms with Gasteiger partial charge in [0, 0.05) is 49.6 Å². The van der Waals surface area contributed by atoms with E-state index >= 15 is 0 Å². The fraction of sp³-hybridized carbons (Fsp3) is 0.630. The number of nitrogens with zero attached hydrogens (tertiary/aromatic N) is 4. The highest BCUT2D eigenvalue weighted by Crippen LogP contribution is 2.39. The van der Waals surface area contributed by atoms with Crippen molar-refractivity contribution in [3.63, 3.8) is 0 Å². The van der Waals surface area contributed by atoms with E-state index in [2.05, 4.69) is 28.0 Å². The number of benzene rings is 1. The van der Waals surface area contributed by atoms with Gasteiger partial charge in [0.05, 0.1) is 16.3 Å². The van der Waals surface area contributed by atoms with Gasteiger partial charge in [-0.1, -0.05) is 49.7 Å². The second kappa shape index (κ2) is 15.3. The molecular formula is C27H42F3N5S2. The second-order valence-corrected chi connectivity index (χ2v) is 11.7. The van der Waals surface area contributed by atoms with Gasteiger partial charge < -0.3 is 20.4 Å². The highest BCUT2D eigenvalue weighted by molar-refractivity contribution is 8.03. The minimum absolute atomic E-state index is 0.570. The van der Waals surface area contributed by atoms with Gasteiger partial charge in [0.2, 0.25) is 0 Å². The Labute approximate surface area is 229 Å². The first-order chi connectivity index (χ1) is 17.8. The number of allylic oxidation sites excluding steroid dienone is 2. The lowest BCUT2D eigenvalue weighted by Gasteiger charge is -2.27. The molecule has 1 aromatic rings. The van der Waals surface area contributed by atoms with Crippen LogP contribution < -0.4 is 10.6 Å². The lowest BCUT2D eigenvalue weighted by atomic mass is 10.1.